The second kappa shape index (κ2) is 14.1. The lowest BCUT2D eigenvalue weighted by Gasteiger charge is -2.30. The van der Waals surface area contributed by atoms with Crippen molar-refractivity contribution in [2.45, 2.75) is 5.41 Å². The first-order valence-electron chi connectivity index (χ1n) is 20.9. The molecule has 0 amide bonds. The lowest BCUT2D eigenvalue weighted by atomic mass is 9.70. The van der Waals surface area contributed by atoms with Gasteiger partial charge in [0.05, 0.1) is 5.41 Å². The average molecular weight is 776 g/mol. The maximum Gasteiger partial charge on any atom is 0.164 e. The maximum absolute atomic E-state index is 5.17. The Morgan fingerprint density at radius 3 is 1.13 bits per heavy atom. The van der Waals surface area contributed by atoms with E-state index in [2.05, 4.69) is 212 Å². The van der Waals surface area contributed by atoms with Crippen LogP contribution in [-0.4, -0.2) is 15.0 Å². The minimum atomic E-state index is -0.387. The number of aromatic nitrogens is 3. The fraction of sp³-hybridized carbons (Fsp3) is 0.0172. The van der Waals surface area contributed by atoms with Gasteiger partial charge in [-0.05, 0) is 90.0 Å². The molecule has 0 unspecified atom stereocenters. The van der Waals surface area contributed by atoms with Crippen LogP contribution in [0, 0.1) is 0 Å². The molecular formula is C58H37N3. The zero-order valence-electron chi connectivity index (χ0n) is 33.2. The summed E-state index contributed by atoms with van der Waals surface area (Å²) >= 11 is 0. The van der Waals surface area contributed by atoms with Crippen molar-refractivity contribution in [1.82, 2.24) is 15.0 Å². The molecular weight excluding hydrogens is 739 g/mol. The molecule has 61 heavy (non-hydrogen) atoms. The highest BCUT2D eigenvalue weighted by atomic mass is 15.0. The van der Waals surface area contributed by atoms with Gasteiger partial charge < -0.3 is 0 Å². The Balaban J connectivity index is 0.992. The highest BCUT2D eigenvalue weighted by Gasteiger charge is 2.51. The van der Waals surface area contributed by atoms with E-state index >= 15 is 0 Å². The Morgan fingerprint density at radius 2 is 0.590 bits per heavy atom. The molecule has 0 fully saturated rings. The van der Waals surface area contributed by atoms with Gasteiger partial charge >= 0.3 is 0 Å². The Hall–Kier alpha value is -8.01. The molecule has 0 saturated carbocycles. The normalized spacial score (nSPS) is 12.7. The number of rotatable bonds is 6. The van der Waals surface area contributed by atoms with E-state index in [1.54, 1.807) is 0 Å². The summed E-state index contributed by atoms with van der Waals surface area (Å²) in [6, 6.07) is 80.4. The standard InChI is InChI=1S/C58H37N3/c1-3-16-38(17-4-1)42-20-13-22-44(36-42)56-59-55(60-57(61-56)45-23-14-21-43(37-45)39-18-5-2-6-19-39)41-34-32-40(33-35-41)46-27-15-31-53-54(46)49-26-9-12-30-52(49)58(53)50-28-10-7-24-47(50)48-25-8-11-29-51(48)58/h1-37H. The third kappa shape index (κ3) is 5.55. The number of nitrogens with zero attached hydrogens (tertiary/aromatic N) is 3. The van der Waals surface area contributed by atoms with Gasteiger partial charge in [0.25, 0.3) is 0 Å². The third-order valence-electron chi connectivity index (χ3n) is 12.6. The monoisotopic (exact) mass is 775 g/mol. The van der Waals surface area contributed by atoms with E-state index in [0.29, 0.717) is 17.5 Å². The molecule has 2 aliphatic rings. The van der Waals surface area contributed by atoms with Crippen LogP contribution in [0.4, 0.5) is 0 Å². The zero-order chi connectivity index (χ0) is 40.3. The van der Waals surface area contributed by atoms with E-state index in [-0.39, 0.29) is 5.41 Å². The fourth-order valence-corrected chi connectivity index (χ4v) is 9.88. The summed E-state index contributed by atoms with van der Waals surface area (Å²) < 4.78 is 0. The quantitative estimate of drug-likeness (QED) is 0.169. The van der Waals surface area contributed by atoms with E-state index in [1.165, 1.54) is 50.1 Å². The first-order chi connectivity index (χ1) is 30.2. The topological polar surface area (TPSA) is 38.7 Å². The molecule has 2 aliphatic carbocycles. The number of fused-ring (bicyclic) bond motifs is 10. The van der Waals surface area contributed by atoms with Gasteiger partial charge in [0.1, 0.15) is 0 Å². The van der Waals surface area contributed by atoms with Gasteiger partial charge in [-0.15, -0.1) is 0 Å². The Morgan fingerprint density at radius 1 is 0.230 bits per heavy atom. The van der Waals surface area contributed by atoms with Gasteiger partial charge in [0.15, 0.2) is 17.5 Å². The van der Waals surface area contributed by atoms with Crippen LogP contribution in [0.5, 0.6) is 0 Å². The molecule has 1 aromatic heterocycles. The highest BCUT2D eigenvalue weighted by Crippen LogP contribution is 2.63. The fourth-order valence-electron chi connectivity index (χ4n) is 9.88. The number of hydrogen-bond acceptors (Lipinski definition) is 3. The molecule has 0 bridgehead atoms. The van der Waals surface area contributed by atoms with E-state index in [1.807, 2.05) is 12.1 Å². The number of hydrogen-bond donors (Lipinski definition) is 0. The van der Waals surface area contributed by atoms with Crippen LogP contribution in [0.25, 0.3) is 89.8 Å². The minimum absolute atomic E-state index is 0.387. The van der Waals surface area contributed by atoms with Gasteiger partial charge in [0.2, 0.25) is 0 Å². The van der Waals surface area contributed by atoms with E-state index in [4.69, 9.17) is 15.0 Å². The lowest BCUT2D eigenvalue weighted by Crippen LogP contribution is -2.25. The summed E-state index contributed by atoms with van der Waals surface area (Å²) in [7, 11) is 0. The molecule has 1 spiro atoms. The van der Waals surface area contributed by atoms with Crippen LogP contribution in [0.15, 0.2) is 224 Å². The molecule has 12 rings (SSSR count). The predicted octanol–water partition coefficient (Wildman–Crippen LogP) is 14.2. The van der Waals surface area contributed by atoms with Gasteiger partial charge in [0, 0.05) is 16.7 Å². The molecule has 3 nitrogen and oxygen atoms in total. The third-order valence-corrected chi connectivity index (χ3v) is 12.6. The summed E-state index contributed by atoms with van der Waals surface area (Å²) in [4.78, 5) is 15.5. The molecule has 9 aromatic carbocycles. The molecule has 0 N–H and O–H groups in total. The largest absolute Gasteiger partial charge is 0.208 e. The second-order valence-electron chi connectivity index (χ2n) is 15.9. The molecule has 3 heteroatoms. The van der Waals surface area contributed by atoms with Crippen molar-refractivity contribution in [3.05, 3.63) is 247 Å². The molecule has 0 atom stereocenters. The smallest absolute Gasteiger partial charge is 0.164 e. The Kier molecular flexibility index (Phi) is 8.07. The zero-order valence-corrected chi connectivity index (χ0v) is 33.2. The van der Waals surface area contributed by atoms with Crippen LogP contribution in [0.3, 0.4) is 0 Å². The van der Waals surface area contributed by atoms with Gasteiger partial charge in [-0.1, -0.05) is 212 Å². The summed E-state index contributed by atoms with van der Waals surface area (Å²) in [5.74, 6) is 1.89. The summed E-state index contributed by atoms with van der Waals surface area (Å²) in [5.41, 5.74) is 19.8. The van der Waals surface area contributed by atoms with Crippen LogP contribution in [0.1, 0.15) is 22.3 Å². The Bertz CT molecular complexity index is 3150. The van der Waals surface area contributed by atoms with Crippen LogP contribution in [0.2, 0.25) is 0 Å². The van der Waals surface area contributed by atoms with Gasteiger partial charge in [-0.2, -0.15) is 0 Å². The predicted molar refractivity (Wildman–Crippen MR) is 249 cm³/mol. The van der Waals surface area contributed by atoms with Gasteiger partial charge in [-0.3, -0.25) is 0 Å². The van der Waals surface area contributed by atoms with Crippen molar-refractivity contribution in [1.29, 1.82) is 0 Å². The first kappa shape index (κ1) is 35.0. The maximum atomic E-state index is 5.17. The summed E-state index contributed by atoms with van der Waals surface area (Å²) in [6.07, 6.45) is 0. The van der Waals surface area contributed by atoms with E-state index in [9.17, 15) is 0 Å². The minimum Gasteiger partial charge on any atom is -0.208 e. The second-order valence-corrected chi connectivity index (χ2v) is 15.9. The van der Waals surface area contributed by atoms with E-state index in [0.717, 1.165) is 44.5 Å². The summed E-state index contributed by atoms with van der Waals surface area (Å²) in [6.45, 7) is 0. The number of benzene rings is 9. The molecule has 0 saturated heterocycles. The molecule has 284 valence electrons. The average Bonchev–Trinajstić information content (AvgIpc) is 3.82. The van der Waals surface area contributed by atoms with Crippen LogP contribution < -0.4 is 0 Å². The highest BCUT2D eigenvalue weighted by molar-refractivity contribution is 6.00. The molecule has 0 aliphatic heterocycles. The molecule has 10 aromatic rings. The summed E-state index contributed by atoms with van der Waals surface area (Å²) in [5, 5.41) is 0. The van der Waals surface area contributed by atoms with Crippen molar-refractivity contribution < 1.29 is 0 Å². The molecule has 1 heterocycles. The SMILES string of the molecule is c1ccc(-c2cccc(-c3nc(-c4ccc(-c5cccc6c5-c5ccccc5C65c6ccccc6-c6ccccc65)cc4)nc(-c4cccc(-c5ccccc5)c4)n3)c2)cc1. The first-order valence-corrected chi connectivity index (χ1v) is 20.9. The van der Waals surface area contributed by atoms with Crippen molar-refractivity contribution >= 4 is 0 Å². The van der Waals surface area contributed by atoms with Crippen molar-refractivity contribution in [2.75, 3.05) is 0 Å². The van der Waals surface area contributed by atoms with E-state index < -0.39 is 0 Å². The Labute approximate surface area is 355 Å². The van der Waals surface area contributed by atoms with Crippen LogP contribution >= 0.6 is 0 Å². The van der Waals surface area contributed by atoms with Crippen molar-refractivity contribution in [3.63, 3.8) is 0 Å². The lowest BCUT2D eigenvalue weighted by molar-refractivity contribution is 0.794. The molecule has 0 radical (unpaired) electrons. The van der Waals surface area contributed by atoms with Gasteiger partial charge in [-0.25, -0.2) is 15.0 Å². The van der Waals surface area contributed by atoms with Crippen molar-refractivity contribution in [3.8, 4) is 89.8 Å². The van der Waals surface area contributed by atoms with Crippen LogP contribution in [-0.2, 0) is 5.41 Å². The van der Waals surface area contributed by atoms with Crippen molar-refractivity contribution in [2.24, 2.45) is 0 Å².